The van der Waals surface area contributed by atoms with Crippen LogP contribution in [0.15, 0.2) is 42.5 Å². The van der Waals surface area contributed by atoms with Crippen molar-refractivity contribution < 1.29 is 14.3 Å². The van der Waals surface area contributed by atoms with Crippen molar-refractivity contribution in [3.63, 3.8) is 0 Å². The van der Waals surface area contributed by atoms with Crippen molar-refractivity contribution in [1.82, 2.24) is 5.32 Å². The van der Waals surface area contributed by atoms with E-state index in [1.165, 1.54) is 0 Å². The van der Waals surface area contributed by atoms with Crippen LogP contribution in [0.5, 0.6) is 5.75 Å². The number of carbonyl (C=O) groups is 2. The van der Waals surface area contributed by atoms with Crippen LogP contribution in [0, 0.1) is 0 Å². The van der Waals surface area contributed by atoms with Gasteiger partial charge in [0.2, 0.25) is 0 Å². The van der Waals surface area contributed by atoms with Gasteiger partial charge in [-0.15, -0.1) is 0 Å². The van der Waals surface area contributed by atoms with Crippen molar-refractivity contribution in [2.24, 2.45) is 0 Å². The Labute approximate surface area is 144 Å². The zero-order valence-electron chi connectivity index (χ0n) is 12.8. The number of halogens is 1. The summed E-state index contributed by atoms with van der Waals surface area (Å²) in [4.78, 5) is 23.1. The van der Waals surface area contributed by atoms with Crippen LogP contribution in [-0.2, 0) is 11.2 Å². The van der Waals surface area contributed by atoms with Crippen molar-refractivity contribution in [2.75, 3.05) is 23.8 Å². The largest absolute Gasteiger partial charge is 0.482 e. The summed E-state index contributed by atoms with van der Waals surface area (Å²) < 4.78 is 5.31. The second kappa shape index (κ2) is 7.23. The highest BCUT2D eigenvalue weighted by atomic mass is 35.5. The summed E-state index contributed by atoms with van der Waals surface area (Å²) in [6.07, 6.45) is 0.712. The van der Waals surface area contributed by atoms with Crippen LogP contribution in [0.1, 0.15) is 5.56 Å². The summed E-state index contributed by atoms with van der Waals surface area (Å²) in [7, 11) is 0. The first-order valence-electron chi connectivity index (χ1n) is 7.46. The van der Waals surface area contributed by atoms with Crippen molar-refractivity contribution in [3.05, 3.63) is 53.1 Å². The summed E-state index contributed by atoms with van der Waals surface area (Å²) in [5.74, 6) is 0.344. The molecule has 0 bridgehead atoms. The van der Waals surface area contributed by atoms with Gasteiger partial charge in [0.05, 0.1) is 5.69 Å². The highest BCUT2D eigenvalue weighted by molar-refractivity contribution is 6.30. The molecule has 0 aliphatic carbocycles. The SMILES string of the molecule is O=C1COc2cc(NC(=O)NCCc3ccc(Cl)cc3)ccc2N1. The van der Waals surface area contributed by atoms with Gasteiger partial charge in [-0.1, -0.05) is 23.7 Å². The maximum atomic E-state index is 11.9. The molecule has 1 aliphatic rings. The minimum Gasteiger partial charge on any atom is -0.482 e. The van der Waals surface area contributed by atoms with E-state index in [2.05, 4.69) is 16.0 Å². The molecule has 1 heterocycles. The number of hydrogen-bond acceptors (Lipinski definition) is 3. The third-order valence-corrected chi connectivity index (χ3v) is 3.74. The lowest BCUT2D eigenvalue weighted by Gasteiger charge is -2.18. The third kappa shape index (κ3) is 4.17. The Morgan fingerprint density at radius 2 is 2.00 bits per heavy atom. The zero-order valence-corrected chi connectivity index (χ0v) is 13.5. The Hall–Kier alpha value is -2.73. The summed E-state index contributed by atoms with van der Waals surface area (Å²) in [5.41, 5.74) is 2.28. The Morgan fingerprint density at radius 3 is 2.79 bits per heavy atom. The Morgan fingerprint density at radius 1 is 1.21 bits per heavy atom. The number of urea groups is 1. The van der Waals surface area contributed by atoms with E-state index in [-0.39, 0.29) is 18.5 Å². The monoisotopic (exact) mass is 345 g/mol. The molecule has 24 heavy (non-hydrogen) atoms. The molecule has 0 atom stereocenters. The predicted molar refractivity (Wildman–Crippen MR) is 92.7 cm³/mol. The molecule has 6 nitrogen and oxygen atoms in total. The number of amides is 3. The number of carbonyl (C=O) groups excluding carboxylic acids is 2. The van der Waals surface area contributed by atoms with Gasteiger partial charge in [-0.2, -0.15) is 0 Å². The minimum atomic E-state index is -0.302. The highest BCUT2D eigenvalue weighted by Crippen LogP contribution is 2.30. The molecule has 0 unspecified atom stereocenters. The number of benzene rings is 2. The first kappa shape index (κ1) is 16.1. The molecule has 2 aromatic carbocycles. The van der Waals surface area contributed by atoms with Crippen molar-refractivity contribution >= 4 is 34.9 Å². The number of rotatable bonds is 4. The predicted octanol–water partition coefficient (Wildman–Crippen LogP) is 3.04. The second-order valence-corrected chi connectivity index (χ2v) is 5.74. The number of nitrogens with one attached hydrogen (secondary N) is 3. The fourth-order valence-electron chi connectivity index (χ4n) is 2.30. The smallest absolute Gasteiger partial charge is 0.319 e. The van der Waals surface area contributed by atoms with Gasteiger partial charge >= 0.3 is 6.03 Å². The summed E-state index contributed by atoms with van der Waals surface area (Å²) >= 11 is 5.83. The van der Waals surface area contributed by atoms with E-state index in [9.17, 15) is 9.59 Å². The van der Waals surface area contributed by atoms with Crippen LogP contribution < -0.4 is 20.7 Å². The third-order valence-electron chi connectivity index (χ3n) is 3.48. The van der Waals surface area contributed by atoms with Gasteiger partial charge in [0, 0.05) is 23.3 Å². The maximum absolute atomic E-state index is 11.9. The molecule has 0 spiro atoms. The molecule has 0 saturated carbocycles. The van der Waals surface area contributed by atoms with E-state index >= 15 is 0 Å². The molecule has 0 fully saturated rings. The summed E-state index contributed by atoms with van der Waals surface area (Å²) in [6.45, 7) is 0.481. The molecule has 3 amide bonds. The van der Waals surface area contributed by atoms with Gasteiger partial charge in [-0.05, 0) is 36.2 Å². The molecule has 2 aromatic rings. The van der Waals surface area contributed by atoms with E-state index in [1.807, 2.05) is 24.3 Å². The van der Waals surface area contributed by atoms with Crippen LogP contribution in [0.2, 0.25) is 5.02 Å². The average molecular weight is 346 g/mol. The van der Waals surface area contributed by atoms with Crippen molar-refractivity contribution in [2.45, 2.75) is 6.42 Å². The lowest BCUT2D eigenvalue weighted by molar-refractivity contribution is -0.118. The Bertz CT molecular complexity index is 762. The highest BCUT2D eigenvalue weighted by Gasteiger charge is 2.16. The fraction of sp³-hybridized carbons (Fsp3) is 0.176. The second-order valence-electron chi connectivity index (χ2n) is 5.31. The number of anilines is 2. The molecular weight excluding hydrogens is 330 g/mol. The molecular formula is C17H16ClN3O3. The Kier molecular flexibility index (Phi) is 4.86. The molecule has 0 saturated heterocycles. The van der Waals surface area contributed by atoms with Crippen LogP contribution in [0.3, 0.4) is 0 Å². The molecule has 0 aromatic heterocycles. The van der Waals surface area contributed by atoms with E-state index in [4.69, 9.17) is 16.3 Å². The Balaban J connectivity index is 1.50. The van der Waals surface area contributed by atoms with Gasteiger partial charge in [-0.25, -0.2) is 4.79 Å². The normalized spacial score (nSPS) is 12.6. The van der Waals surface area contributed by atoms with Crippen molar-refractivity contribution in [1.29, 1.82) is 0 Å². The number of ether oxygens (including phenoxy) is 1. The van der Waals surface area contributed by atoms with Crippen LogP contribution in [0.25, 0.3) is 0 Å². The van der Waals surface area contributed by atoms with E-state index < -0.39 is 0 Å². The topological polar surface area (TPSA) is 79.5 Å². The summed E-state index contributed by atoms with van der Waals surface area (Å²) in [5, 5.41) is 8.91. The minimum absolute atomic E-state index is 0.0241. The lowest BCUT2D eigenvalue weighted by atomic mass is 10.1. The van der Waals surface area contributed by atoms with E-state index in [0.717, 1.165) is 5.56 Å². The molecule has 3 N–H and O–H groups in total. The maximum Gasteiger partial charge on any atom is 0.319 e. The molecule has 1 aliphatic heterocycles. The van der Waals surface area contributed by atoms with E-state index in [1.54, 1.807) is 18.2 Å². The van der Waals surface area contributed by atoms with E-state index in [0.29, 0.717) is 35.1 Å². The quantitative estimate of drug-likeness (QED) is 0.796. The lowest BCUT2D eigenvalue weighted by Crippen LogP contribution is -2.30. The average Bonchev–Trinajstić information content (AvgIpc) is 2.57. The van der Waals surface area contributed by atoms with Gasteiger partial charge in [0.25, 0.3) is 5.91 Å². The van der Waals surface area contributed by atoms with Crippen LogP contribution >= 0.6 is 11.6 Å². The standard InChI is InChI=1S/C17H16ClN3O3/c18-12-3-1-11(2-4-12)7-8-19-17(23)20-13-5-6-14-15(9-13)24-10-16(22)21-14/h1-6,9H,7-8,10H2,(H,21,22)(H2,19,20,23). The molecule has 7 heteroatoms. The molecule has 124 valence electrons. The van der Waals surface area contributed by atoms with Gasteiger partial charge in [0.15, 0.2) is 6.61 Å². The number of fused-ring (bicyclic) bond motifs is 1. The first-order valence-corrected chi connectivity index (χ1v) is 7.84. The molecule has 3 rings (SSSR count). The number of hydrogen-bond donors (Lipinski definition) is 3. The van der Waals surface area contributed by atoms with Gasteiger partial charge in [0.1, 0.15) is 5.75 Å². The van der Waals surface area contributed by atoms with Gasteiger partial charge < -0.3 is 20.7 Å². The fourth-order valence-corrected chi connectivity index (χ4v) is 2.43. The zero-order chi connectivity index (χ0) is 16.9. The first-order chi connectivity index (χ1) is 11.6. The summed E-state index contributed by atoms with van der Waals surface area (Å²) in [6, 6.07) is 12.3. The molecule has 0 radical (unpaired) electrons. The van der Waals surface area contributed by atoms with Crippen LogP contribution in [-0.4, -0.2) is 25.1 Å². The van der Waals surface area contributed by atoms with Crippen molar-refractivity contribution in [3.8, 4) is 5.75 Å². The van der Waals surface area contributed by atoms with Crippen LogP contribution in [0.4, 0.5) is 16.2 Å². The van der Waals surface area contributed by atoms with Gasteiger partial charge in [-0.3, -0.25) is 4.79 Å².